The zero-order chi connectivity index (χ0) is 15.9. The molecule has 1 heterocycles. The first-order valence-corrected chi connectivity index (χ1v) is 8.02. The van der Waals surface area contributed by atoms with Crippen molar-refractivity contribution < 1.29 is 19.4 Å². The molecule has 0 saturated carbocycles. The molecule has 1 amide bonds. The van der Waals surface area contributed by atoms with Crippen molar-refractivity contribution in [2.24, 2.45) is 5.92 Å². The Bertz CT molecular complexity index is 306. The maximum atomic E-state index is 12.0. The van der Waals surface area contributed by atoms with Crippen LogP contribution in [0.15, 0.2) is 0 Å². The van der Waals surface area contributed by atoms with Crippen LogP contribution in [0.4, 0.5) is 4.79 Å². The molecule has 1 rings (SSSR count). The highest BCUT2D eigenvalue weighted by Crippen LogP contribution is 2.24. The van der Waals surface area contributed by atoms with Crippen LogP contribution in [-0.4, -0.2) is 54.1 Å². The first-order chi connectivity index (χ1) is 9.81. The van der Waals surface area contributed by atoms with Crippen molar-refractivity contribution in [1.29, 1.82) is 0 Å². The third-order valence-corrected chi connectivity index (χ3v) is 3.64. The van der Waals surface area contributed by atoms with Gasteiger partial charge in [-0.1, -0.05) is 0 Å². The van der Waals surface area contributed by atoms with Gasteiger partial charge in [0.05, 0.1) is 6.10 Å². The van der Waals surface area contributed by atoms with Crippen LogP contribution in [0.1, 0.15) is 53.4 Å². The molecule has 1 atom stereocenters. The molecule has 0 aromatic heterocycles. The van der Waals surface area contributed by atoms with Gasteiger partial charge in [-0.3, -0.25) is 0 Å². The number of hydrogen-bond donors (Lipinski definition) is 1. The summed E-state index contributed by atoms with van der Waals surface area (Å²) in [5, 5.41) is 8.73. The van der Waals surface area contributed by atoms with Gasteiger partial charge in [-0.25, -0.2) is 4.79 Å². The van der Waals surface area contributed by atoms with Gasteiger partial charge in [-0.05, 0) is 59.3 Å². The average molecular weight is 301 g/mol. The van der Waals surface area contributed by atoms with E-state index in [0.29, 0.717) is 18.9 Å². The first kappa shape index (κ1) is 18.2. The van der Waals surface area contributed by atoms with E-state index < -0.39 is 5.60 Å². The molecule has 1 saturated heterocycles. The Hall–Kier alpha value is -0.810. The van der Waals surface area contributed by atoms with Crippen molar-refractivity contribution in [3.05, 3.63) is 0 Å². The van der Waals surface area contributed by atoms with Gasteiger partial charge in [-0.15, -0.1) is 0 Å². The SMILES string of the molecule is CC(CC1CCN(C(=O)OC(C)(C)C)CC1)OCCCO. The van der Waals surface area contributed by atoms with Crippen LogP contribution in [0.25, 0.3) is 0 Å². The van der Waals surface area contributed by atoms with E-state index in [1.807, 2.05) is 20.8 Å². The van der Waals surface area contributed by atoms with Gasteiger partial charge in [-0.2, -0.15) is 0 Å². The van der Waals surface area contributed by atoms with Gasteiger partial charge >= 0.3 is 6.09 Å². The minimum atomic E-state index is -0.428. The monoisotopic (exact) mass is 301 g/mol. The lowest BCUT2D eigenvalue weighted by Gasteiger charge is -2.34. The molecule has 5 nitrogen and oxygen atoms in total. The zero-order valence-corrected chi connectivity index (χ0v) is 13.9. The molecule has 1 unspecified atom stereocenters. The van der Waals surface area contributed by atoms with Crippen LogP contribution in [0.2, 0.25) is 0 Å². The molecule has 1 aliphatic heterocycles. The normalized spacial score (nSPS) is 18.6. The van der Waals surface area contributed by atoms with Crippen LogP contribution in [-0.2, 0) is 9.47 Å². The van der Waals surface area contributed by atoms with Crippen LogP contribution in [0.3, 0.4) is 0 Å². The number of aliphatic hydroxyl groups is 1. The van der Waals surface area contributed by atoms with Crippen molar-refractivity contribution in [3.63, 3.8) is 0 Å². The van der Waals surface area contributed by atoms with Crippen molar-refractivity contribution in [3.8, 4) is 0 Å². The van der Waals surface area contributed by atoms with Crippen molar-refractivity contribution >= 4 is 6.09 Å². The number of hydrogen-bond acceptors (Lipinski definition) is 4. The number of piperidine rings is 1. The summed E-state index contributed by atoms with van der Waals surface area (Å²) in [6.07, 6.45) is 3.75. The second kappa shape index (κ2) is 8.59. The van der Waals surface area contributed by atoms with E-state index in [1.54, 1.807) is 4.90 Å². The third-order valence-electron chi connectivity index (χ3n) is 3.64. The number of ether oxygens (including phenoxy) is 2. The van der Waals surface area contributed by atoms with E-state index in [1.165, 1.54) is 0 Å². The smallest absolute Gasteiger partial charge is 0.410 e. The lowest BCUT2D eigenvalue weighted by atomic mass is 9.91. The predicted molar refractivity (Wildman–Crippen MR) is 82.3 cm³/mol. The summed E-state index contributed by atoms with van der Waals surface area (Å²) in [5.41, 5.74) is -0.428. The number of amides is 1. The molecule has 5 heteroatoms. The third kappa shape index (κ3) is 7.67. The highest BCUT2D eigenvalue weighted by molar-refractivity contribution is 5.68. The minimum absolute atomic E-state index is 0.182. The van der Waals surface area contributed by atoms with Crippen molar-refractivity contribution in [2.75, 3.05) is 26.3 Å². The highest BCUT2D eigenvalue weighted by atomic mass is 16.6. The molecular formula is C16H31NO4. The van der Waals surface area contributed by atoms with Gasteiger partial charge < -0.3 is 19.5 Å². The molecule has 124 valence electrons. The Morgan fingerprint density at radius 2 is 1.95 bits per heavy atom. The molecule has 0 bridgehead atoms. The standard InChI is InChI=1S/C16H31NO4/c1-13(20-11-5-10-18)12-14-6-8-17(9-7-14)15(19)21-16(2,3)4/h13-14,18H,5-12H2,1-4H3. The van der Waals surface area contributed by atoms with E-state index in [2.05, 4.69) is 6.92 Å². The fraction of sp³-hybridized carbons (Fsp3) is 0.938. The number of nitrogens with zero attached hydrogens (tertiary/aromatic N) is 1. The van der Waals surface area contributed by atoms with Crippen LogP contribution >= 0.6 is 0 Å². The van der Waals surface area contributed by atoms with Gasteiger partial charge in [0.1, 0.15) is 5.60 Å². The molecular weight excluding hydrogens is 270 g/mol. The lowest BCUT2D eigenvalue weighted by Crippen LogP contribution is -2.42. The Morgan fingerprint density at radius 1 is 1.33 bits per heavy atom. The van der Waals surface area contributed by atoms with E-state index >= 15 is 0 Å². The van der Waals surface area contributed by atoms with Crippen LogP contribution < -0.4 is 0 Å². The van der Waals surface area contributed by atoms with Gasteiger partial charge in [0.15, 0.2) is 0 Å². The summed E-state index contributed by atoms with van der Waals surface area (Å²) in [6, 6.07) is 0. The second-order valence-electron chi connectivity index (χ2n) is 6.91. The Morgan fingerprint density at radius 3 is 2.48 bits per heavy atom. The number of likely N-dealkylation sites (tertiary alicyclic amines) is 1. The number of carbonyl (C=O) groups excluding carboxylic acids is 1. The fourth-order valence-corrected chi connectivity index (χ4v) is 2.56. The molecule has 0 aromatic carbocycles. The quantitative estimate of drug-likeness (QED) is 0.766. The maximum absolute atomic E-state index is 12.0. The minimum Gasteiger partial charge on any atom is -0.444 e. The number of rotatable bonds is 6. The van der Waals surface area contributed by atoms with Gasteiger partial charge in [0.2, 0.25) is 0 Å². The summed E-state index contributed by atoms with van der Waals surface area (Å²) in [5.74, 6) is 0.604. The molecule has 0 radical (unpaired) electrons. The van der Waals surface area contributed by atoms with Gasteiger partial charge in [0.25, 0.3) is 0 Å². The van der Waals surface area contributed by atoms with Gasteiger partial charge in [0, 0.05) is 26.3 Å². The largest absolute Gasteiger partial charge is 0.444 e. The molecule has 1 N–H and O–H groups in total. The Kier molecular flexibility index (Phi) is 7.46. The number of carbonyl (C=O) groups is 1. The molecule has 1 aliphatic rings. The Balaban J connectivity index is 2.24. The topological polar surface area (TPSA) is 59.0 Å². The lowest BCUT2D eigenvalue weighted by molar-refractivity contribution is 0.0106. The summed E-state index contributed by atoms with van der Waals surface area (Å²) in [6.45, 7) is 10.1. The summed E-state index contributed by atoms with van der Waals surface area (Å²) < 4.78 is 11.1. The van der Waals surface area contributed by atoms with E-state index in [-0.39, 0.29) is 18.8 Å². The summed E-state index contributed by atoms with van der Waals surface area (Å²) >= 11 is 0. The predicted octanol–water partition coefficient (Wildman–Crippen LogP) is 2.81. The van der Waals surface area contributed by atoms with Crippen molar-refractivity contribution in [1.82, 2.24) is 4.90 Å². The Labute approximate surface area is 128 Å². The molecule has 0 aliphatic carbocycles. The van der Waals surface area contributed by atoms with E-state index in [9.17, 15) is 4.79 Å². The molecule has 21 heavy (non-hydrogen) atoms. The number of aliphatic hydroxyl groups excluding tert-OH is 1. The molecule has 0 aromatic rings. The average Bonchev–Trinajstić information content (AvgIpc) is 2.38. The second-order valence-corrected chi connectivity index (χ2v) is 6.91. The summed E-state index contributed by atoms with van der Waals surface area (Å²) in [4.78, 5) is 13.8. The van der Waals surface area contributed by atoms with E-state index in [4.69, 9.17) is 14.6 Å². The summed E-state index contributed by atoms with van der Waals surface area (Å²) in [7, 11) is 0. The fourth-order valence-electron chi connectivity index (χ4n) is 2.56. The zero-order valence-electron chi connectivity index (χ0n) is 13.9. The molecule has 1 fully saturated rings. The first-order valence-electron chi connectivity index (χ1n) is 8.02. The maximum Gasteiger partial charge on any atom is 0.410 e. The molecule has 0 spiro atoms. The van der Waals surface area contributed by atoms with E-state index in [0.717, 1.165) is 32.4 Å². The highest BCUT2D eigenvalue weighted by Gasteiger charge is 2.27. The van der Waals surface area contributed by atoms with Crippen LogP contribution in [0, 0.1) is 5.92 Å². The van der Waals surface area contributed by atoms with Crippen molar-refractivity contribution in [2.45, 2.75) is 65.1 Å². The van der Waals surface area contributed by atoms with Crippen LogP contribution in [0.5, 0.6) is 0 Å².